The van der Waals surface area contributed by atoms with Gasteiger partial charge in [0.25, 0.3) is 0 Å². The molecular formula is C18H27N3. The van der Waals surface area contributed by atoms with Crippen LogP contribution in [0.1, 0.15) is 40.5 Å². The van der Waals surface area contributed by atoms with Gasteiger partial charge in [-0.2, -0.15) is 5.10 Å². The van der Waals surface area contributed by atoms with Gasteiger partial charge in [0.1, 0.15) is 0 Å². The Morgan fingerprint density at radius 3 is 2.05 bits per heavy atom. The van der Waals surface area contributed by atoms with Crippen molar-refractivity contribution in [1.82, 2.24) is 10.2 Å². The Hall–Kier alpha value is -1.77. The monoisotopic (exact) mass is 285 g/mol. The molecule has 0 aliphatic rings. The van der Waals surface area contributed by atoms with Gasteiger partial charge < -0.3 is 5.32 Å². The van der Waals surface area contributed by atoms with Gasteiger partial charge in [0.2, 0.25) is 0 Å². The zero-order chi connectivity index (χ0) is 15.2. The lowest BCUT2D eigenvalue weighted by molar-refractivity contribution is 0.442. The molecule has 2 aromatic rings. The molecule has 1 aromatic carbocycles. The van der Waals surface area contributed by atoms with Crippen molar-refractivity contribution in [3.05, 3.63) is 36.5 Å². The fourth-order valence-electron chi connectivity index (χ4n) is 2.75. The highest BCUT2D eigenvalue weighted by molar-refractivity contribution is 5.62. The Morgan fingerprint density at radius 1 is 0.952 bits per heavy atom. The Labute approximate surface area is 128 Å². The minimum atomic E-state index is 0.544. The Bertz CT molecular complexity index is 502. The van der Waals surface area contributed by atoms with Gasteiger partial charge >= 0.3 is 0 Å². The van der Waals surface area contributed by atoms with Crippen LogP contribution in [0.2, 0.25) is 0 Å². The molecule has 0 saturated heterocycles. The van der Waals surface area contributed by atoms with Gasteiger partial charge in [-0.05, 0) is 48.4 Å². The largest absolute Gasteiger partial charge is 0.382 e. The molecule has 0 atom stereocenters. The topological polar surface area (TPSA) is 40.7 Å². The average molecular weight is 285 g/mol. The SMILES string of the molecule is CC(C)CC(CC(C)C)Nc1ccc(-c2ccn[nH]2)cc1. The summed E-state index contributed by atoms with van der Waals surface area (Å²) < 4.78 is 0. The third-order valence-corrected chi connectivity index (χ3v) is 3.58. The second-order valence-corrected chi connectivity index (χ2v) is 6.65. The first-order valence-corrected chi connectivity index (χ1v) is 7.91. The minimum absolute atomic E-state index is 0.544. The Morgan fingerprint density at radius 2 is 1.57 bits per heavy atom. The van der Waals surface area contributed by atoms with E-state index in [0.717, 1.165) is 5.69 Å². The molecule has 0 bridgehead atoms. The van der Waals surface area contributed by atoms with Crippen LogP contribution < -0.4 is 5.32 Å². The predicted octanol–water partition coefficient (Wildman–Crippen LogP) is 4.95. The summed E-state index contributed by atoms with van der Waals surface area (Å²) in [7, 11) is 0. The van der Waals surface area contributed by atoms with Crippen molar-refractivity contribution in [3.8, 4) is 11.3 Å². The van der Waals surface area contributed by atoms with E-state index in [1.807, 2.05) is 6.07 Å². The van der Waals surface area contributed by atoms with Crippen LogP contribution in [0.3, 0.4) is 0 Å². The molecule has 1 aromatic heterocycles. The summed E-state index contributed by atoms with van der Waals surface area (Å²) in [5.74, 6) is 1.43. The first-order chi connectivity index (χ1) is 10.0. The molecular weight excluding hydrogens is 258 g/mol. The molecule has 1 heterocycles. The number of anilines is 1. The Balaban J connectivity index is 2.03. The third-order valence-electron chi connectivity index (χ3n) is 3.58. The first-order valence-electron chi connectivity index (χ1n) is 7.91. The molecule has 0 aliphatic carbocycles. The van der Waals surface area contributed by atoms with Crippen molar-refractivity contribution < 1.29 is 0 Å². The summed E-state index contributed by atoms with van der Waals surface area (Å²) in [4.78, 5) is 0. The molecule has 0 aliphatic heterocycles. The van der Waals surface area contributed by atoms with Crippen molar-refractivity contribution >= 4 is 5.69 Å². The van der Waals surface area contributed by atoms with E-state index in [4.69, 9.17) is 0 Å². The van der Waals surface area contributed by atoms with Gasteiger partial charge in [-0.15, -0.1) is 0 Å². The van der Waals surface area contributed by atoms with Crippen molar-refractivity contribution in [2.24, 2.45) is 11.8 Å². The number of aromatic nitrogens is 2. The molecule has 2 N–H and O–H groups in total. The van der Waals surface area contributed by atoms with Gasteiger partial charge in [-0.25, -0.2) is 0 Å². The zero-order valence-electron chi connectivity index (χ0n) is 13.6. The van der Waals surface area contributed by atoms with E-state index in [1.54, 1.807) is 6.20 Å². The van der Waals surface area contributed by atoms with Crippen LogP contribution in [0.4, 0.5) is 5.69 Å². The summed E-state index contributed by atoms with van der Waals surface area (Å²) >= 11 is 0. The number of rotatable bonds is 7. The third kappa shape index (κ3) is 4.92. The molecule has 3 nitrogen and oxygen atoms in total. The van der Waals surface area contributed by atoms with E-state index in [9.17, 15) is 0 Å². The van der Waals surface area contributed by atoms with Gasteiger partial charge in [0, 0.05) is 17.9 Å². The number of aromatic amines is 1. The molecule has 0 saturated carbocycles. The number of benzene rings is 1. The van der Waals surface area contributed by atoms with Crippen LogP contribution in [-0.2, 0) is 0 Å². The fraction of sp³-hybridized carbons (Fsp3) is 0.500. The van der Waals surface area contributed by atoms with Crippen LogP contribution in [-0.4, -0.2) is 16.2 Å². The molecule has 0 fully saturated rings. The maximum absolute atomic E-state index is 3.99. The van der Waals surface area contributed by atoms with Crippen LogP contribution in [0.5, 0.6) is 0 Å². The predicted molar refractivity (Wildman–Crippen MR) is 90.3 cm³/mol. The van der Waals surface area contributed by atoms with Crippen LogP contribution in [0, 0.1) is 11.8 Å². The highest BCUT2D eigenvalue weighted by atomic mass is 15.1. The number of nitrogens with zero attached hydrogens (tertiary/aromatic N) is 1. The normalized spacial score (nSPS) is 11.6. The minimum Gasteiger partial charge on any atom is -0.382 e. The second kappa shape index (κ2) is 7.30. The van der Waals surface area contributed by atoms with Crippen molar-refractivity contribution in [3.63, 3.8) is 0 Å². The standard InChI is InChI=1S/C18H27N3/c1-13(2)11-17(12-14(3)4)20-16-7-5-15(6-8-16)18-9-10-19-21-18/h5-10,13-14,17,20H,11-12H2,1-4H3,(H,19,21). The lowest BCUT2D eigenvalue weighted by Gasteiger charge is -2.23. The molecule has 3 heteroatoms. The summed E-state index contributed by atoms with van der Waals surface area (Å²) in [6.45, 7) is 9.15. The number of hydrogen-bond acceptors (Lipinski definition) is 2. The fourth-order valence-corrected chi connectivity index (χ4v) is 2.75. The maximum Gasteiger partial charge on any atom is 0.0650 e. The summed E-state index contributed by atoms with van der Waals surface area (Å²) in [5.41, 5.74) is 3.43. The van der Waals surface area contributed by atoms with E-state index in [1.165, 1.54) is 24.1 Å². The number of nitrogens with one attached hydrogen (secondary N) is 2. The van der Waals surface area contributed by atoms with Gasteiger partial charge in [0.05, 0.1) is 5.69 Å². The molecule has 114 valence electrons. The lowest BCUT2D eigenvalue weighted by atomic mass is 9.95. The second-order valence-electron chi connectivity index (χ2n) is 6.65. The molecule has 0 spiro atoms. The first kappa shape index (κ1) is 15.6. The van der Waals surface area contributed by atoms with Gasteiger partial charge in [-0.3, -0.25) is 5.10 Å². The molecule has 21 heavy (non-hydrogen) atoms. The molecule has 0 unspecified atom stereocenters. The van der Waals surface area contributed by atoms with Crippen molar-refractivity contribution in [2.75, 3.05) is 5.32 Å². The summed E-state index contributed by atoms with van der Waals surface area (Å²) in [6, 6.07) is 11.1. The highest BCUT2D eigenvalue weighted by Crippen LogP contribution is 2.22. The van der Waals surface area contributed by atoms with Gasteiger partial charge in [-0.1, -0.05) is 39.8 Å². The van der Waals surface area contributed by atoms with Crippen molar-refractivity contribution in [1.29, 1.82) is 0 Å². The quantitative estimate of drug-likeness (QED) is 0.755. The number of H-pyrrole nitrogens is 1. The van der Waals surface area contributed by atoms with E-state index in [0.29, 0.717) is 17.9 Å². The average Bonchev–Trinajstić information content (AvgIpc) is 2.91. The van der Waals surface area contributed by atoms with Gasteiger partial charge in [0.15, 0.2) is 0 Å². The van der Waals surface area contributed by atoms with Crippen LogP contribution in [0.15, 0.2) is 36.5 Å². The van der Waals surface area contributed by atoms with Crippen molar-refractivity contribution in [2.45, 2.75) is 46.6 Å². The van der Waals surface area contributed by atoms with Crippen LogP contribution >= 0.6 is 0 Å². The zero-order valence-corrected chi connectivity index (χ0v) is 13.6. The molecule has 0 radical (unpaired) electrons. The lowest BCUT2D eigenvalue weighted by Crippen LogP contribution is -2.23. The summed E-state index contributed by atoms with van der Waals surface area (Å²) in [6.07, 6.45) is 4.20. The maximum atomic E-state index is 3.99. The van der Waals surface area contributed by atoms with E-state index in [-0.39, 0.29) is 0 Å². The molecule has 0 amide bonds. The number of hydrogen-bond donors (Lipinski definition) is 2. The van der Waals surface area contributed by atoms with E-state index < -0.39 is 0 Å². The molecule has 2 rings (SSSR count). The van der Waals surface area contributed by atoms with E-state index in [2.05, 4.69) is 67.5 Å². The summed E-state index contributed by atoms with van der Waals surface area (Å²) in [5, 5.41) is 10.7. The van der Waals surface area contributed by atoms with E-state index >= 15 is 0 Å². The van der Waals surface area contributed by atoms with Crippen LogP contribution in [0.25, 0.3) is 11.3 Å². The smallest absolute Gasteiger partial charge is 0.0650 e. The Kier molecular flexibility index (Phi) is 5.43. The highest BCUT2D eigenvalue weighted by Gasteiger charge is 2.12.